The van der Waals surface area contributed by atoms with E-state index in [9.17, 15) is 10.8 Å². The van der Waals surface area contributed by atoms with Crippen molar-refractivity contribution in [1.29, 1.82) is 10.8 Å². The molecule has 0 aliphatic rings. The summed E-state index contributed by atoms with van der Waals surface area (Å²) in [6.07, 6.45) is 33.6. The van der Waals surface area contributed by atoms with Crippen LogP contribution in [0.1, 0.15) is 261 Å². The topological polar surface area (TPSA) is 279 Å². The maximum atomic E-state index is 15.3. The zero-order valence-electron chi connectivity index (χ0n) is 68.5. The minimum atomic E-state index is -0.575. The van der Waals surface area contributed by atoms with Gasteiger partial charge in [-0.15, -0.1) is 0 Å². The molecule has 0 saturated carbocycles. The maximum Gasteiger partial charge on any atom is 0.259 e. The number of H-pyrrole nitrogens is 4. The van der Waals surface area contributed by atoms with Gasteiger partial charge in [0.1, 0.15) is 46.0 Å². The van der Waals surface area contributed by atoms with Gasteiger partial charge in [0, 0.05) is 22.9 Å². The van der Waals surface area contributed by atoms with Crippen LogP contribution < -0.4 is 70.8 Å². The Hall–Kier alpha value is -9.72. The number of nitrogens with one attached hydrogen (secondary N) is 6. The van der Waals surface area contributed by atoms with Gasteiger partial charge in [0.25, 0.3) is 22.2 Å². The lowest BCUT2D eigenvalue weighted by Gasteiger charge is -2.13. The first-order chi connectivity index (χ1) is 54.8. The molecular formula is C92H128N8O12. The Morgan fingerprint density at radius 1 is 0.250 bits per heavy atom. The Kier molecular flexibility index (Phi) is 41.4. The van der Waals surface area contributed by atoms with E-state index in [1.165, 1.54) is 12.4 Å². The van der Waals surface area contributed by atoms with Gasteiger partial charge in [0.2, 0.25) is 0 Å². The summed E-state index contributed by atoms with van der Waals surface area (Å²) in [5.41, 5.74) is -0.629. The predicted octanol–water partition coefficient (Wildman–Crippen LogP) is 21.8. The van der Waals surface area contributed by atoms with Gasteiger partial charge in [-0.2, -0.15) is 0 Å². The lowest BCUT2D eigenvalue weighted by atomic mass is 10.1. The van der Waals surface area contributed by atoms with Crippen LogP contribution in [-0.2, 0) is 0 Å². The molecule has 0 aliphatic carbocycles. The van der Waals surface area contributed by atoms with E-state index in [2.05, 4.69) is 75.3 Å². The van der Waals surface area contributed by atoms with Crippen LogP contribution in [0.25, 0.3) is 65.4 Å². The van der Waals surface area contributed by atoms with Crippen molar-refractivity contribution in [3.05, 3.63) is 162 Å². The Morgan fingerprint density at radius 3 is 0.741 bits per heavy atom. The SMILES string of the molecule is CCCCCCCCOc1cc(OCCCCCCCC)c2cc1[nH]c(=O)c1cc(ccc1OCCCC)ncc(=N)c1ccc(OCCCC)c(c1)c(=O)[nH]c1cc([nH]c(=O)c3cc(ccc3OCCCC)c(=N)cnc3ccc(OCCCC)c(c3)c(=O)[nH]2)c(OCCCCCCCC)cc1OCCCCCCCC. The lowest BCUT2D eigenvalue weighted by molar-refractivity contribution is 0.293. The highest BCUT2D eigenvalue weighted by atomic mass is 16.5. The highest BCUT2D eigenvalue weighted by Gasteiger charge is 2.15. The number of aromatic amines is 4. The number of ether oxygens (including phenoxy) is 8. The Morgan fingerprint density at radius 2 is 0.473 bits per heavy atom. The first-order valence-corrected chi connectivity index (χ1v) is 42.2. The highest BCUT2D eigenvalue weighted by molar-refractivity contribution is 5.80. The number of hydrogen-bond acceptors (Lipinski definition) is 16. The smallest absolute Gasteiger partial charge is 0.259 e. The molecule has 0 atom stereocenters. The fourth-order valence-corrected chi connectivity index (χ4v) is 12.5. The largest absolute Gasteiger partial charge is 0.493 e. The minimum absolute atomic E-state index is 0.0503. The molecule has 1 heterocycles. The molecule has 1 aromatic heterocycles. The van der Waals surface area contributed by atoms with E-state index in [-0.39, 0.29) is 65.8 Å². The average Bonchev–Trinajstić information content (AvgIpc) is 0.808. The van der Waals surface area contributed by atoms with Gasteiger partial charge in [0.15, 0.2) is 0 Å². The molecule has 7 aromatic rings. The standard InChI is InChI=1S/C92H128N8O12/c1-9-17-25-29-33-37-53-109-85-63-86(110-54-38-34-30-26-18-10-2)78-61-77(85)97-89(101)71-57-67(41-45-81(71)105-49-21-13-5)75(93)65-95-69-43-47-83(107-51-23-15-7)73(59-69)91(103)99-79-62-80(88(112-56-40-36-32-28-20-12-4)64-87(79)111-55-39-35-31-27-19-11-3)100-92(104)74-60-70(44-48-84(74)108-52-24-16-8)96-66-76(94)68-42-46-82(106-50-22-14-6)72(58-68)90(102)98-78/h41-48,57-66,93-94H,9-40,49-56H2,1-8H3,(H,97,101)(H,98,102)(H,99,103)(H,100,104). The van der Waals surface area contributed by atoms with Crippen LogP contribution in [0.4, 0.5) is 0 Å². The zero-order valence-corrected chi connectivity index (χ0v) is 68.5. The van der Waals surface area contributed by atoms with Gasteiger partial charge in [-0.3, -0.25) is 40.0 Å². The van der Waals surface area contributed by atoms with Crippen molar-refractivity contribution < 1.29 is 37.9 Å². The molecule has 0 radical (unpaired) electrons. The second kappa shape index (κ2) is 51.8. The van der Waals surface area contributed by atoms with E-state index < -0.39 is 22.2 Å². The van der Waals surface area contributed by atoms with Crippen LogP contribution in [0.5, 0.6) is 46.0 Å². The number of hydrogen-bond donors (Lipinski definition) is 6. The van der Waals surface area contributed by atoms with Crippen LogP contribution >= 0.6 is 0 Å². The molecule has 0 amide bonds. The fourth-order valence-electron chi connectivity index (χ4n) is 12.5. The van der Waals surface area contributed by atoms with Gasteiger partial charge >= 0.3 is 0 Å². The molecule has 6 N–H and O–H groups in total. The summed E-state index contributed by atoms with van der Waals surface area (Å²) in [6.45, 7) is 19.7. The van der Waals surface area contributed by atoms with Crippen molar-refractivity contribution in [2.45, 2.75) is 261 Å². The molecule has 0 unspecified atom stereocenters. The zero-order chi connectivity index (χ0) is 79.9. The molecular weight excluding hydrogens is 1410 g/mol. The minimum Gasteiger partial charge on any atom is -0.493 e. The third kappa shape index (κ3) is 30.4. The van der Waals surface area contributed by atoms with E-state index in [1.807, 2.05) is 0 Å². The second-order valence-corrected chi connectivity index (χ2v) is 28.9. The summed E-state index contributed by atoms with van der Waals surface area (Å²) in [5, 5.41) is 20.2. The van der Waals surface area contributed by atoms with Gasteiger partial charge in [0.05, 0.1) is 131 Å². The molecule has 0 spiro atoms. The molecule has 7 rings (SSSR count). The Labute approximate surface area is 661 Å². The summed E-state index contributed by atoms with van der Waals surface area (Å²) in [6, 6.07) is 26.7. The first kappa shape index (κ1) is 89.5. The molecule has 0 saturated heterocycles. The quantitative estimate of drug-likeness (QED) is 0.0194. The van der Waals surface area contributed by atoms with Crippen molar-refractivity contribution in [3.8, 4) is 46.0 Å². The number of benzene rings is 6. The fraction of sp³-hybridized carbons (Fsp3) is 0.522. The van der Waals surface area contributed by atoms with Crippen LogP contribution in [0.2, 0.25) is 0 Å². The molecule has 0 fully saturated rings. The monoisotopic (exact) mass is 1540 g/mol. The molecule has 0 aliphatic heterocycles. The summed E-state index contributed by atoms with van der Waals surface area (Å²) in [5.74, 6) is 2.49. The number of aromatic nitrogens is 6. The van der Waals surface area contributed by atoms with Crippen molar-refractivity contribution >= 4 is 65.4 Å². The first-order valence-electron chi connectivity index (χ1n) is 42.2. The van der Waals surface area contributed by atoms with Crippen molar-refractivity contribution in [2.24, 2.45) is 0 Å². The normalized spacial score (nSPS) is 11.1. The van der Waals surface area contributed by atoms with E-state index >= 15 is 19.2 Å². The summed E-state index contributed by atoms with van der Waals surface area (Å²) in [4.78, 5) is 83.4. The van der Waals surface area contributed by atoms with Gasteiger partial charge in [-0.1, -0.05) is 209 Å². The van der Waals surface area contributed by atoms with E-state index in [0.717, 1.165) is 205 Å². The molecule has 20 nitrogen and oxygen atoms in total. The van der Waals surface area contributed by atoms with E-state index in [0.29, 0.717) is 109 Å². The van der Waals surface area contributed by atoms with Crippen LogP contribution in [-0.4, -0.2) is 82.8 Å². The van der Waals surface area contributed by atoms with Gasteiger partial charge in [-0.05, 0) is 136 Å². The second-order valence-electron chi connectivity index (χ2n) is 28.9. The molecule has 6 aromatic carbocycles. The highest BCUT2D eigenvalue weighted by Crippen LogP contribution is 2.32. The predicted molar refractivity (Wildman–Crippen MR) is 458 cm³/mol. The number of unbranched alkanes of at least 4 members (excludes halogenated alkanes) is 24. The molecule has 20 heteroatoms. The third-order valence-electron chi connectivity index (χ3n) is 19.4. The summed E-state index contributed by atoms with van der Waals surface area (Å²) in [7, 11) is 0. The van der Waals surface area contributed by atoms with Crippen LogP contribution in [0.3, 0.4) is 0 Å². The number of fused-ring (bicyclic) bond motifs is 12. The average molecular weight is 1540 g/mol. The summed E-state index contributed by atoms with van der Waals surface area (Å²) >= 11 is 0. The molecule has 12 bridgehead atoms. The molecule has 608 valence electrons. The van der Waals surface area contributed by atoms with Gasteiger partial charge < -0.3 is 57.8 Å². The van der Waals surface area contributed by atoms with Crippen molar-refractivity contribution in [2.75, 3.05) is 52.9 Å². The number of rotatable bonds is 48. The maximum absolute atomic E-state index is 15.3. The van der Waals surface area contributed by atoms with E-state index in [1.54, 1.807) is 97.1 Å². The Bertz CT molecular complexity index is 4530. The van der Waals surface area contributed by atoms with Crippen LogP contribution in [0, 0.1) is 10.8 Å². The van der Waals surface area contributed by atoms with Gasteiger partial charge in [-0.25, -0.2) is 0 Å². The van der Waals surface area contributed by atoms with E-state index in [4.69, 9.17) is 47.9 Å². The van der Waals surface area contributed by atoms with Crippen molar-refractivity contribution in [1.82, 2.24) is 29.9 Å². The van der Waals surface area contributed by atoms with Crippen LogP contribution in [0.15, 0.2) is 129 Å². The number of nitrogens with zero attached hydrogens (tertiary/aromatic N) is 2. The third-order valence-corrected chi connectivity index (χ3v) is 19.4. The van der Waals surface area contributed by atoms with Crippen molar-refractivity contribution in [3.63, 3.8) is 0 Å². The molecule has 112 heavy (non-hydrogen) atoms. The lowest BCUT2D eigenvalue weighted by Crippen LogP contribution is -2.10. The Balaban J connectivity index is 1.65. The summed E-state index contributed by atoms with van der Waals surface area (Å²) < 4.78 is 51.9.